The minimum absolute atomic E-state index is 0.556. The molecule has 57 heavy (non-hydrogen) atoms. The standard InChI is InChI=1S/C55H40N2/c1-39(40-19-7-2-8-20-40)37-42(35-36-56-45-25-13-5-14-26-45)41-31-33-51-49(38-41)53-52(57(51)46-27-15-6-16-28-46)34-32-48-47-29-17-18-30-50(47)55(54(48)53,43-21-9-3-10-22-43)44-23-11-4-12-24-44/h2-38,56H,1H2/b36-35-,42-37+. The molecule has 0 saturated carbocycles. The van der Waals surface area contributed by atoms with Gasteiger partial charge in [0.2, 0.25) is 0 Å². The number of aromatic nitrogens is 1. The van der Waals surface area contributed by atoms with E-state index in [-0.39, 0.29) is 0 Å². The number of hydrogen-bond donors (Lipinski definition) is 1. The van der Waals surface area contributed by atoms with Crippen molar-refractivity contribution in [2.24, 2.45) is 0 Å². The molecule has 2 nitrogen and oxygen atoms in total. The summed E-state index contributed by atoms with van der Waals surface area (Å²) < 4.78 is 2.44. The first kappa shape index (κ1) is 34.1. The van der Waals surface area contributed by atoms with E-state index in [4.69, 9.17) is 0 Å². The molecule has 1 heterocycles. The Morgan fingerprint density at radius 1 is 0.526 bits per heavy atom. The molecule has 0 aliphatic heterocycles. The van der Waals surface area contributed by atoms with E-state index >= 15 is 0 Å². The van der Waals surface area contributed by atoms with Gasteiger partial charge in [0.05, 0.1) is 16.4 Å². The van der Waals surface area contributed by atoms with Crippen molar-refractivity contribution in [1.29, 1.82) is 0 Å². The summed E-state index contributed by atoms with van der Waals surface area (Å²) in [5.74, 6) is 0. The third kappa shape index (κ3) is 5.73. The normalized spacial score (nSPS) is 13.2. The Morgan fingerprint density at radius 3 is 1.79 bits per heavy atom. The van der Waals surface area contributed by atoms with Gasteiger partial charge < -0.3 is 9.88 Å². The number of hydrogen-bond acceptors (Lipinski definition) is 1. The summed E-state index contributed by atoms with van der Waals surface area (Å²) in [5.41, 5.74) is 15.8. The first-order valence-corrected chi connectivity index (χ1v) is 19.5. The van der Waals surface area contributed by atoms with Crippen molar-refractivity contribution in [2.45, 2.75) is 5.41 Å². The van der Waals surface area contributed by atoms with Gasteiger partial charge in [0.25, 0.3) is 0 Å². The Balaban J connectivity index is 1.29. The quantitative estimate of drug-likeness (QED) is 0.146. The molecule has 0 fully saturated rings. The molecule has 1 aliphatic carbocycles. The van der Waals surface area contributed by atoms with E-state index in [2.05, 4.69) is 211 Å². The number of rotatable bonds is 9. The average Bonchev–Trinajstić information content (AvgIpc) is 3.78. The highest BCUT2D eigenvalue weighted by Gasteiger charge is 2.47. The summed E-state index contributed by atoms with van der Waals surface area (Å²) in [6, 6.07) is 74.3. The van der Waals surface area contributed by atoms with Crippen LogP contribution in [0.3, 0.4) is 0 Å². The molecule has 8 aromatic carbocycles. The van der Waals surface area contributed by atoms with Crippen LogP contribution in [-0.4, -0.2) is 4.57 Å². The van der Waals surface area contributed by atoms with Crippen molar-refractivity contribution < 1.29 is 0 Å². The Bertz CT molecular complexity index is 2920. The summed E-state index contributed by atoms with van der Waals surface area (Å²) in [6.45, 7) is 4.53. The topological polar surface area (TPSA) is 17.0 Å². The highest BCUT2D eigenvalue weighted by molar-refractivity contribution is 6.16. The van der Waals surface area contributed by atoms with E-state index in [9.17, 15) is 0 Å². The Kier molecular flexibility index (Phi) is 8.58. The van der Waals surface area contributed by atoms with Gasteiger partial charge in [-0.2, -0.15) is 0 Å². The van der Waals surface area contributed by atoms with Crippen LogP contribution in [0.5, 0.6) is 0 Å². The minimum Gasteiger partial charge on any atom is -0.362 e. The molecule has 9 aromatic rings. The molecule has 0 saturated heterocycles. The number of nitrogens with one attached hydrogen (secondary N) is 1. The van der Waals surface area contributed by atoms with Crippen LogP contribution in [0.4, 0.5) is 5.69 Å². The van der Waals surface area contributed by atoms with Crippen molar-refractivity contribution in [3.05, 3.63) is 265 Å². The molecule has 0 amide bonds. The summed E-state index contributed by atoms with van der Waals surface area (Å²) >= 11 is 0. The van der Waals surface area contributed by atoms with E-state index in [1.807, 2.05) is 30.5 Å². The third-order valence-electron chi connectivity index (χ3n) is 11.4. The highest BCUT2D eigenvalue weighted by Crippen LogP contribution is 2.59. The molecule has 0 unspecified atom stereocenters. The molecule has 10 rings (SSSR count). The lowest BCUT2D eigenvalue weighted by atomic mass is 9.67. The highest BCUT2D eigenvalue weighted by atomic mass is 15.0. The van der Waals surface area contributed by atoms with E-state index < -0.39 is 5.41 Å². The van der Waals surface area contributed by atoms with Crippen LogP contribution in [0.2, 0.25) is 0 Å². The molecule has 2 heteroatoms. The Hall–Kier alpha value is -7.42. The van der Waals surface area contributed by atoms with Gasteiger partial charge in [-0.1, -0.05) is 170 Å². The SMILES string of the molecule is C=C(/C=C(\C=C/Nc1ccccc1)c1ccc2c(c1)c1c3c(ccc1n2-c1ccccc1)-c1ccccc1C3(c1ccccc1)c1ccccc1)c1ccccc1. The second kappa shape index (κ2) is 14.3. The maximum Gasteiger partial charge on any atom is 0.0720 e. The van der Waals surface area contributed by atoms with Crippen LogP contribution in [0.25, 0.3) is 49.8 Å². The van der Waals surface area contributed by atoms with Gasteiger partial charge in [-0.05, 0) is 110 Å². The van der Waals surface area contributed by atoms with Gasteiger partial charge in [0, 0.05) is 28.3 Å². The molecule has 0 spiro atoms. The zero-order valence-corrected chi connectivity index (χ0v) is 31.5. The summed E-state index contributed by atoms with van der Waals surface area (Å²) in [6.07, 6.45) is 6.40. The molecule has 1 aliphatic rings. The maximum absolute atomic E-state index is 4.53. The first-order valence-electron chi connectivity index (χ1n) is 19.5. The van der Waals surface area contributed by atoms with E-state index in [0.717, 1.165) is 39.2 Å². The van der Waals surface area contributed by atoms with Gasteiger partial charge in [0.1, 0.15) is 0 Å². The fourth-order valence-electron chi connectivity index (χ4n) is 9.00. The van der Waals surface area contributed by atoms with Crippen LogP contribution in [0, 0.1) is 0 Å². The van der Waals surface area contributed by atoms with E-state index in [1.165, 1.54) is 49.7 Å². The van der Waals surface area contributed by atoms with Crippen LogP contribution >= 0.6 is 0 Å². The van der Waals surface area contributed by atoms with Crippen molar-refractivity contribution >= 4 is 38.6 Å². The van der Waals surface area contributed by atoms with Gasteiger partial charge in [-0.15, -0.1) is 0 Å². The van der Waals surface area contributed by atoms with E-state index in [1.54, 1.807) is 0 Å². The summed E-state index contributed by atoms with van der Waals surface area (Å²) in [5, 5.41) is 5.94. The van der Waals surface area contributed by atoms with Gasteiger partial charge >= 0.3 is 0 Å². The predicted molar refractivity (Wildman–Crippen MR) is 241 cm³/mol. The maximum atomic E-state index is 4.53. The number of allylic oxidation sites excluding steroid dienone is 4. The van der Waals surface area contributed by atoms with Crippen molar-refractivity contribution in [2.75, 3.05) is 5.32 Å². The fourth-order valence-corrected chi connectivity index (χ4v) is 9.00. The number of nitrogens with zero attached hydrogens (tertiary/aromatic N) is 1. The van der Waals surface area contributed by atoms with Crippen LogP contribution in [0.1, 0.15) is 33.4 Å². The van der Waals surface area contributed by atoms with Crippen molar-refractivity contribution in [1.82, 2.24) is 4.57 Å². The zero-order valence-electron chi connectivity index (χ0n) is 31.5. The Morgan fingerprint density at radius 2 is 1.11 bits per heavy atom. The monoisotopic (exact) mass is 728 g/mol. The molecule has 0 atom stereocenters. The number of fused-ring (bicyclic) bond motifs is 7. The lowest BCUT2D eigenvalue weighted by Crippen LogP contribution is -2.28. The lowest BCUT2D eigenvalue weighted by molar-refractivity contribution is 0.776. The predicted octanol–water partition coefficient (Wildman–Crippen LogP) is 13.9. The van der Waals surface area contributed by atoms with Crippen LogP contribution in [0.15, 0.2) is 231 Å². The molecular weight excluding hydrogens is 689 g/mol. The number of benzene rings is 8. The van der Waals surface area contributed by atoms with Crippen LogP contribution < -0.4 is 5.32 Å². The number of para-hydroxylation sites is 2. The van der Waals surface area contributed by atoms with E-state index in [0.29, 0.717) is 0 Å². The van der Waals surface area contributed by atoms with Crippen molar-refractivity contribution in [3.8, 4) is 16.8 Å². The van der Waals surface area contributed by atoms with Gasteiger partial charge in [-0.25, -0.2) is 0 Å². The van der Waals surface area contributed by atoms with Gasteiger partial charge in [0.15, 0.2) is 0 Å². The molecule has 270 valence electrons. The average molecular weight is 729 g/mol. The fraction of sp³-hybridized carbons (Fsp3) is 0.0182. The van der Waals surface area contributed by atoms with Gasteiger partial charge in [-0.3, -0.25) is 0 Å². The molecule has 0 radical (unpaired) electrons. The zero-order chi connectivity index (χ0) is 38.2. The largest absolute Gasteiger partial charge is 0.362 e. The molecule has 0 bridgehead atoms. The molecular formula is C55H40N2. The van der Waals surface area contributed by atoms with Crippen LogP contribution in [-0.2, 0) is 5.41 Å². The first-order chi connectivity index (χ1) is 28.2. The number of anilines is 1. The molecule has 1 aromatic heterocycles. The summed E-state index contributed by atoms with van der Waals surface area (Å²) in [4.78, 5) is 0. The second-order valence-electron chi connectivity index (χ2n) is 14.6. The smallest absolute Gasteiger partial charge is 0.0720 e. The lowest BCUT2D eigenvalue weighted by Gasteiger charge is -2.34. The second-order valence-corrected chi connectivity index (χ2v) is 14.6. The third-order valence-corrected chi connectivity index (χ3v) is 11.4. The Labute approximate surface area is 334 Å². The van der Waals surface area contributed by atoms with Crippen molar-refractivity contribution in [3.63, 3.8) is 0 Å². The minimum atomic E-state index is -0.556. The molecule has 1 N–H and O–H groups in total. The summed E-state index contributed by atoms with van der Waals surface area (Å²) in [7, 11) is 0.